The third-order valence-corrected chi connectivity index (χ3v) is 5.97. The molecule has 136 valence electrons. The molecule has 0 aliphatic heterocycles. The van der Waals surface area contributed by atoms with Crippen LogP contribution in [0.4, 0.5) is 9.52 Å². The second kappa shape index (κ2) is 7.61. The Bertz CT molecular complexity index is 996. The van der Waals surface area contributed by atoms with Crippen molar-refractivity contribution in [1.29, 1.82) is 0 Å². The SMILES string of the molecule is C[C@H](Oc1cc(F)c(S(=O)(=O)Nc2nccs2)cc1Cl)c1ccccc1. The molecule has 0 aliphatic carbocycles. The Morgan fingerprint density at radius 3 is 2.65 bits per heavy atom. The number of hydrogen-bond donors (Lipinski definition) is 1. The van der Waals surface area contributed by atoms with Crippen molar-refractivity contribution in [3.63, 3.8) is 0 Å². The van der Waals surface area contributed by atoms with Crippen LogP contribution in [0.2, 0.25) is 5.02 Å². The van der Waals surface area contributed by atoms with Gasteiger partial charge in [-0.25, -0.2) is 17.8 Å². The summed E-state index contributed by atoms with van der Waals surface area (Å²) in [5.74, 6) is -0.901. The highest BCUT2D eigenvalue weighted by Crippen LogP contribution is 2.33. The van der Waals surface area contributed by atoms with Gasteiger partial charge in [-0.15, -0.1) is 11.3 Å². The third kappa shape index (κ3) is 4.14. The molecule has 0 spiro atoms. The van der Waals surface area contributed by atoms with Crippen LogP contribution in [0.3, 0.4) is 0 Å². The molecular weight excluding hydrogens is 399 g/mol. The molecule has 3 rings (SSSR count). The second-order valence-electron chi connectivity index (χ2n) is 5.33. The van der Waals surface area contributed by atoms with Crippen LogP contribution < -0.4 is 9.46 Å². The van der Waals surface area contributed by atoms with Crippen LogP contribution in [0.15, 0.2) is 58.9 Å². The number of ether oxygens (including phenoxy) is 1. The van der Waals surface area contributed by atoms with Gasteiger partial charge in [-0.2, -0.15) is 0 Å². The first-order valence-corrected chi connectivity index (χ1v) is 10.2. The van der Waals surface area contributed by atoms with E-state index < -0.39 is 20.7 Å². The fourth-order valence-corrected chi connectivity index (χ4v) is 4.38. The lowest BCUT2D eigenvalue weighted by atomic mass is 10.1. The van der Waals surface area contributed by atoms with Gasteiger partial charge in [0, 0.05) is 17.6 Å². The number of rotatable bonds is 6. The first-order chi connectivity index (χ1) is 12.4. The smallest absolute Gasteiger partial charge is 0.266 e. The van der Waals surface area contributed by atoms with E-state index in [1.165, 1.54) is 6.20 Å². The van der Waals surface area contributed by atoms with Crippen molar-refractivity contribution < 1.29 is 17.5 Å². The number of sulfonamides is 1. The largest absolute Gasteiger partial charge is 0.484 e. The summed E-state index contributed by atoms with van der Waals surface area (Å²) in [5, 5.41) is 1.73. The van der Waals surface area contributed by atoms with Crippen LogP contribution in [0.1, 0.15) is 18.6 Å². The fourth-order valence-electron chi connectivity index (χ4n) is 2.23. The van der Waals surface area contributed by atoms with E-state index in [4.69, 9.17) is 16.3 Å². The molecule has 1 heterocycles. The van der Waals surface area contributed by atoms with Gasteiger partial charge in [0.2, 0.25) is 0 Å². The minimum atomic E-state index is -4.15. The van der Waals surface area contributed by atoms with Crippen LogP contribution in [0, 0.1) is 5.82 Å². The maximum atomic E-state index is 14.4. The van der Waals surface area contributed by atoms with Crippen LogP contribution >= 0.6 is 22.9 Å². The van der Waals surface area contributed by atoms with E-state index in [0.717, 1.165) is 29.0 Å². The molecule has 1 aromatic heterocycles. The standard InChI is InChI=1S/C17H14ClFN2O3S2/c1-11(12-5-3-2-4-6-12)24-15-10-14(19)16(9-13(15)18)26(22,23)21-17-20-7-8-25-17/h2-11H,1H3,(H,20,21)/t11-/m0/s1. The van der Waals surface area contributed by atoms with E-state index in [0.29, 0.717) is 0 Å². The molecule has 9 heteroatoms. The summed E-state index contributed by atoms with van der Waals surface area (Å²) in [6, 6.07) is 11.3. The molecular formula is C17H14ClFN2O3S2. The van der Waals surface area contributed by atoms with Gasteiger partial charge in [0.05, 0.1) is 5.02 Å². The van der Waals surface area contributed by atoms with Crippen molar-refractivity contribution >= 4 is 38.1 Å². The molecule has 0 fully saturated rings. The van der Waals surface area contributed by atoms with Gasteiger partial charge in [0.1, 0.15) is 22.6 Å². The lowest BCUT2D eigenvalue weighted by Crippen LogP contribution is -2.15. The maximum Gasteiger partial charge on any atom is 0.266 e. The zero-order valence-corrected chi connectivity index (χ0v) is 15.9. The lowest BCUT2D eigenvalue weighted by molar-refractivity contribution is 0.226. The Morgan fingerprint density at radius 2 is 2.00 bits per heavy atom. The number of nitrogens with one attached hydrogen (secondary N) is 1. The maximum absolute atomic E-state index is 14.4. The van der Waals surface area contributed by atoms with Gasteiger partial charge in [-0.3, -0.25) is 4.72 Å². The zero-order chi connectivity index (χ0) is 18.7. The molecule has 0 unspecified atom stereocenters. The van der Waals surface area contributed by atoms with Gasteiger partial charge in [-0.05, 0) is 18.6 Å². The third-order valence-electron chi connectivity index (χ3n) is 3.50. The van der Waals surface area contributed by atoms with E-state index in [1.807, 2.05) is 30.3 Å². The van der Waals surface area contributed by atoms with Crippen molar-refractivity contribution in [1.82, 2.24) is 4.98 Å². The molecule has 3 aromatic rings. The second-order valence-corrected chi connectivity index (χ2v) is 8.28. The number of nitrogens with zero attached hydrogens (tertiary/aromatic N) is 1. The van der Waals surface area contributed by atoms with Crippen LogP contribution in [-0.4, -0.2) is 13.4 Å². The molecule has 26 heavy (non-hydrogen) atoms. The summed E-state index contributed by atoms with van der Waals surface area (Å²) < 4.78 is 47.0. The molecule has 0 radical (unpaired) electrons. The quantitative estimate of drug-likeness (QED) is 0.626. The Kier molecular flexibility index (Phi) is 5.45. The van der Waals surface area contributed by atoms with E-state index in [-0.39, 0.29) is 22.0 Å². The monoisotopic (exact) mass is 412 g/mol. The first kappa shape index (κ1) is 18.6. The molecule has 1 atom stereocenters. The van der Waals surface area contributed by atoms with Crippen LogP contribution in [0.5, 0.6) is 5.75 Å². The van der Waals surface area contributed by atoms with Gasteiger partial charge in [0.15, 0.2) is 5.13 Å². The Labute approximate surface area is 159 Å². The fraction of sp³-hybridized carbons (Fsp3) is 0.118. The average molecular weight is 413 g/mol. The summed E-state index contributed by atoms with van der Waals surface area (Å²) in [6.45, 7) is 1.79. The van der Waals surface area contributed by atoms with Crippen molar-refractivity contribution in [2.45, 2.75) is 17.9 Å². The van der Waals surface area contributed by atoms with Gasteiger partial charge < -0.3 is 4.74 Å². The summed E-state index contributed by atoms with van der Waals surface area (Å²) in [4.78, 5) is 3.25. The van der Waals surface area contributed by atoms with Crippen LogP contribution in [-0.2, 0) is 10.0 Å². The Morgan fingerprint density at radius 1 is 1.27 bits per heavy atom. The highest BCUT2D eigenvalue weighted by molar-refractivity contribution is 7.93. The van der Waals surface area contributed by atoms with Crippen molar-refractivity contribution in [3.8, 4) is 5.75 Å². The minimum Gasteiger partial charge on any atom is -0.484 e. The molecule has 1 N–H and O–H groups in total. The Balaban J connectivity index is 1.86. The van der Waals surface area contributed by atoms with Gasteiger partial charge in [0.25, 0.3) is 10.0 Å². The number of anilines is 1. The number of aromatic nitrogens is 1. The zero-order valence-electron chi connectivity index (χ0n) is 13.5. The molecule has 0 aliphatic rings. The number of halogens is 2. The van der Waals surface area contributed by atoms with Gasteiger partial charge >= 0.3 is 0 Å². The average Bonchev–Trinajstić information content (AvgIpc) is 3.10. The molecule has 5 nitrogen and oxygen atoms in total. The predicted octanol–water partition coefficient (Wildman–Crippen LogP) is 4.88. The van der Waals surface area contributed by atoms with Crippen molar-refractivity contribution in [2.24, 2.45) is 0 Å². The van der Waals surface area contributed by atoms with Crippen LogP contribution in [0.25, 0.3) is 0 Å². The van der Waals surface area contributed by atoms with E-state index >= 15 is 0 Å². The van der Waals surface area contributed by atoms with E-state index in [1.54, 1.807) is 12.3 Å². The Hall–Kier alpha value is -2.16. The van der Waals surface area contributed by atoms with E-state index in [9.17, 15) is 12.8 Å². The summed E-state index contributed by atoms with van der Waals surface area (Å²) in [7, 11) is -4.15. The predicted molar refractivity (Wildman–Crippen MR) is 99.8 cm³/mol. The molecule has 0 bridgehead atoms. The summed E-state index contributed by atoms with van der Waals surface area (Å²) >= 11 is 7.21. The first-order valence-electron chi connectivity index (χ1n) is 7.50. The highest BCUT2D eigenvalue weighted by atomic mass is 35.5. The molecule has 0 saturated heterocycles. The molecule has 0 amide bonds. The van der Waals surface area contributed by atoms with Crippen molar-refractivity contribution in [2.75, 3.05) is 4.72 Å². The minimum absolute atomic E-state index is 0.00584. The normalized spacial score (nSPS) is 12.6. The number of thiazole rings is 1. The summed E-state index contributed by atoms with van der Waals surface area (Å²) in [5.41, 5.74) is 0.881. The number of hydrogen-bond acceptors (Lipinski definition) is 5. The topological polar surface area (TPSA) is 68.3 Å². The molecule has 0 saturated carbocycles. The highest BCUT2D eigenvalue weighted by Gasteiger charge is 2.23. The molecule has 2 aromatic carbocycles. The number of benzene rings is 2. The summed E-state index contributed by atoms with van der Waals surface area (Å²) in [6.07, 6.45) is 1.05. The van der Waals surface area contributed by atoms with Crippen molar-refractivity contribution in [3.05, 3.63) is 70.4 Å². The lowest BCUT2D eigenvalue weighted by Gasteiger charge is -2.17. The van der Waals surface area contributed by atoms with E-state index in [2.05, 4.69) is 9.71 Å². The van der Waals surface area contributed by atoms with Gasteiger partial charge in [-0.1, -0.05) is 41.9 Å².